The number of pyridine rings is 1. The van der Waals surface area contributed by atoms with Crippen LogP contribution in [0, 0.1) is 0 Å². The topological polar surface area (TPSA) is 47.2 Å². The van der Waals surface area contributed by atoms with Crippen LogP contribution in [0.3, 0.4) is 0 Å². The minimum Gasteiger partial charge on any atom is -0.392 e. The van der Waals surface area contributed by atoms with Crippen LogP contribution >= 0.6 is 11.6 Å². The maximum Gasteiger partial charge on any atom is 0.250 e. The monoisotopic (exact) mass is 302 g/mol. The number of benzene rings is 1. The molecule has 3 aromatic rings. The Hall–Kier alpha value is -2.04. The van der Waals surface area contributed by atoms with Gasteiger partial charge in [-0.25, -0.2) is 0 Å². The molecular formula is C16H15ClN2O2. The molecule has 2 aromatic heterocycles. The molecule has 0 saturated heterocycles. The van der Waals surface area contributed by atoms with Crippen LogP contribution < -0.4 is 5.56 Å². The average Bonchev–Trinajstić information content (AvgIpc) is 2.83. The van der Waals surface area contributed by atoms with Gasteiger partial charge in [0.1, 0.15) is 0 Å². The summed E-state index contributed by atoms with van der Waals surface area (Å²) in [5, 5.41) is 11.1. The molecule has 0 fully saturated rings. The smallest absolute Gasteiger partial charge is 0.250 e. The Labute approximate surface area is 126 Å². The molecule has 0 saturated carbocycles. The van der Waals surface area contributed by atoms with Gasteiger partial charge in [0.15, 0.2) is 0 Å². The highest BCUT2D eigenvalue weighted by Crippen LogP contribution is 2.25. The largest absolute Gasteiger partial charge is 0.392 e. The van der Waals surface area contributed by atoms with Gasteiger partial charge in [-0.1, -0.05) is 23.7 Å². The van der Waals surface area contributed by atoms with Crippen molar-refractivity contribution >= 4 is 22.5 Å². The molecule has 5 heteroatoms. The van der Waals surface area contributed by atoms with Crippen LogP contribution in [-0.4, -0.2) is 14.2 Å². The first-order valence-corrected chi connectivity index (χ1v) is 7.10. The van der Waals surface area contributed by atoms with E-state index in [2.05, 4.69) is 0 Å². The molecule has 0 amide bonds. The van der Waals surface area contributed by atoms with Crippen LogP contribution in [0.2, 0.25) is 5.02 Å². The van der Waals surface area contributed by atoms with E-state index in [1.54, 1.807) is 22.9 Å². The second-order valence-corrected chi connectivity index (χ2v) is 5.34. The number of aryl methyl sites for hydroxylation is 2. The zero-order chi connectivity index (χ0) is 14.8. The summed E-state index contributed by atoms with van der Waals surface area (Å²) in [6.45, 7) is 1.19. The van der Waals surface area contributed by atoms with E-state index in [1.165, 1.54) is 0 Å². The van der Waals surface area contributed by atoms with E-state index in [1.807, 2.05) is 35.0 Å². The number of halogens is 1. The summed E-state index contributed by atoms with van der Waals surface area (Å²) >= 11 is 6.05. The molecule has 0 unspecified atom stereocenters. The summed E-state index contributed by atoms with van der Waals surface area (Å²) in [7, 11) is 0. The van der Waals surface area contributed by atoms with Gasteiger partial charge < -0.3 is 14.2 Å². The van der Waals surface area contributed by atoms with E-state index in [9.17, 15) is 9.90 Å². The highest BCUT2D eigenvalue weighted by atomic mass is 35.5. The van der Waals surface area contributed by atoms with E-state index >= 15 is 0 Å². The minimum absolute atomic E-state index is 0.0174. The molecule has 0 aliphatic carbocycles. The SMILES string of the molecule is O=c1ccccn1CCn1cc(CO)c2ccc(Cl)cc21. The molecule has 4 nitrogen and oxygen atoms in total. The molecule has 21 heavy (non-hydrogen) atoms. The fraction of sp³-hybridized carbons (Fsp3) is 0.188. The van der Waals surface area contributed by atoms with Crippen LogP contribution in [0.15, 0.2) is 53.6 Å². The Balaban J connectivity index is 1.95. The van der Waals surface area contributed by atoms with E-state index in [-0.39, 0.29) is 12.2 Å². The lowest BCUT2D eigenvalue weighted by atomic mass is 10.2. The molecule has 0 aliphatic rings. The number of nitrogens with zero attached hydrogens (tertiary/aromatic N) is 2. The number of aliphatic hydroxyl groups is 1. The van der Waals surface area contributed by atoms with Crippen LogP contribution in [0.1, 0.15) is 5.56 Å². The Morgan fingerprint density at radius 2 is 1.90 bits per heavy atom. The van der Waals surface area contributed by atoms with Crippen LogP contribution in [0.25, 0.3) is 10.9 Å². The Morgan fingerprint density at radius 3 is 2.67 bits per heavy atom. The van der Waals surface area contributed by atoms with Gasteiger partial charge in [0.2, 0.25) is 0 Å². The first kappa shape index (κ1) is 13.9. The van der Waals surface area contributed by atoms with Gasteiger partial charge in [-0.3, -0.25) is 4.79 Å². The number of hydrogen-bond donors (Lipinski definition) is 1. The molecule has 0 aliphatic heterocycles. The molecule has 1 N–H and O–H groups in total. The highest BCUT2D eigenvalue weighted by Gasteiger charge is 2.08. The minimum atomic E-state index is -0.0191. The molecule has 108 valence electrons. The van der Waals surface area contributed by atoms with Crippen molar-refractivity contribution in [3.8, 4) is 0 Å². The van der Waals surface area contributed by atoms with Crippen molar-refractivity contribution in [2.24, 2.45) is 0 Å². The van der Waals surface area contributed by atoms with Crippen molar-refractivity contribution in [1.82, 2.24) is 9.13 Å². The first-order chi connectivity index (χ1) is 10.2. The Kier molecular flexibility index (Phi) is 3.82. The lowest BCUT2D eigenvalue weighted by Gasteiger charge is -2.08. The van der Waals surface area contributed by atoms with E-state index in [0.29, 0.717) is 18.1 Å². The summed E-state index contributed by atoms with van der Waals surface area (Å²) in [4.78, 5) is 11.7. The van der Waals surface area contributed by atoms with Gasteiger partial charge in [0, 0.05) is 53.0 Å². The van der Waals surface area contributed by atoms with Crippen LogP contribution in [0.5, 0.6) is 0 Å². The molecule has 0 atom stereocenters. The number of hydrogen-bond acceptors (Lipinski definition) is 2. The molecule has 1 aromatic carbocycles. The second kappa shape index (κ2) is 5.76. The van der Waals surface area contributed by atoms with Gasteiger partial charge in [0.05, 0.1) is 6.61 Å². The summed E-state index contributed by atoms with van der Waals surface area (Å²) in [5.74, 6) is 0. The molecule has 2 heterocycles. The third kappa shape index (κ3) is 2.73. The lowest BCUT2D eigenvalue weighted by Crippen LogP contribution is -2.20. The average molecular weight is 303 g/mol. The fourth-order valence-electron chi connectivity index (χ4n) is 2.51. The molecule has 0 spiro atoms. The summed E-state index contributed by atoms with van der Waals surface area (Å²) in [5.41, 5.74) is 1.81. The molecular weight excluding hydrogens is 288 g/mol. The fourth-order valence-corrected chi connectivity index (χ4v) is 2.68. The van der Waals surface area contributed by atoms with Crippen LogP contribution in [0.4, 0.5) is 0 Å². The van der Waals surface area contributed by atoms with Gasteiger partial charge >= 0.3 is 0 Å². The number of rotatable bonds is 4. The van der Waals surface area contributed by atoms with E-state index in [0.717, 1.165) is 16.5 Å². The number of aromatic nitrogens is 2. The predicted octanol–water partition coefficient (Wildman–Crippen LogP) is 2.65. The van der Waals surface area contributed by atoms with Gasteiger partial charge in [-0.15, -0.1) is 0 Å². The Bertz CT molecular complexity index is 836. The zero-order valence-electron chi connectivity index (χ0n) is 11.4. The van der Waals surface area contributed by atoms with Crippen molar-refractivity contribution in [1.29, 1.82) is 0 Å². The first-order valence-electron chi connectivity index (χ1n) is 6.72. The molecule has 3 rings (SSSR count). The van der Waals surface area contributed by atoms with E-state index < -0.39 is 0 Å². The van der Waals surface area contributed by atoms with Crippen molar-refractivity contribution in [2.45, 2.75) is 19.7 Å². The van der Waals surface area contributed by atoms with Crippen molar-refractivity contribution < 1.29 is 5.11 Å². The normalized spacial score (nSPS) is 11.1. The number of aliphatic hydroxyl groups excluding tert-OH is 1. The lowest BCUT2D eigenvalue weighted by molar-refractivity contribution is 0.283. The third-order valence-corrected chi connectivity index (χ3v) is 3.81. The van der Waals surface area contributed by atoms with Crippen molar-refractivity contribution in [3.05, 3.63) is 69.7 Å². The summed E-state index contributed by atoms with van der Waals surface area (Å²) in [6.07, 6.45) is 3.68. The molecule has 0 bridgehead atoms. The standard InChI is InChI=1S/C16H15ClN2O2/c17-13-4-5-14-12(11-20)10-19(15(14)9-13)8-7-18-6-2-1-3-16(18)21/h1-6,9-10,20H,7-8,11H2. The highest BCUT2D eigenvalue weighted by molar-refractivity contribution is 6.31. The van der Waals surface area contributed by atoms with Gasteiger partial charge in [-0.2, -0.15) is 0 Å². The number of fused-ring (bicyclic) bond motifs is 1. The predicted molar refractivity (Wildman–Crippen MR) is 83.6 cm³/mol. The summed E-state index contributed by atoms with van der Waals surface area (Å²) in [6, 6.07) is 10.7. The van der Waals surface area contributed by atoms with Gasteiger partial charge in [-0.05, 0) is 18.2 Å². The van der Waals surface area contributed by atoms with Crippen molar-refractivity contribution in [3.63, 3.8) is 0 Å². The molecule has 0 radical (unpaired) electrons. The van der Waals surface area contributed by atoms with Crippen LogP contribution in [-0.2, 0) is 19.7 Å². The van der Waals surface area contributed by atoms with E-state index in [4.69, 9.17) is 11.6 Å². The third-order valence-electron chi connectivity index (χ3n) is 3.58. The summed E-state index contributed by atoms with van der Waals surface area (Å²) < 4.78 is 3.68. The zero-order valence-corrected chi connectivity index (χ0v) is 12.1. The second-order valence-electron chi connectivity index (χ2n) is 4.90. The quantitative estimate of drug-likeness (QED) is 0.805. The Morgan fingerprint density at radius 1 is 1.10 bits per heavy atom. The van der Waals surface area contributed by atoms with Crippen molar-refractivity contribution in [2.75, 3.05) is 0 Å². The van der Waals surface area contributed by atoms with Gasteiger partial charge in [0.25, 0.3) is 5.56 Å². The maximum atomic E-state index is 11.7. The maximum absolute atomic E-state index is 11.7.